The fraction of sp³-hybridized carbons (Fsp3) is 0.344. The van der Waals surface area contributed by atoms with Crippen LogP contribution in [0.5, 0.6) is 0 Å². The van der Waals surface area contributed by atoms with Crippen LogP contribution in [0.1, 0.15) is 36.8 Å². The largest absolute Gasteiger partial charge is 0.341 e. The van der Waals surface area contributed by atoms with Crippen LogP contribution >= 0.6 is 0 Å². The van der Waals surface area contributed by atoms with Crippen LogP contribution < -0.4 is 21.9 Å². The summed E-state index contributed by atoms with van der Waals surface area (Å²) in [4.78, 5) is 42.9. The number of imidazole rings is 1. The van der Waals surface area contributed by atoms with Gasteiger partial charge in [-0.15, -0.1) is 5.92 Å². The third kappa shape index (κ3) is 6.71. The Morgan fingerprint density at radius 1 is 1.02 bits per heavy atom. The lowest BCUT2D eigenvalue weighted by Crippen LogP contribution is -2.44. The zero-order chi connectivity index (χ0) is 33.2. The van der Waals surface area contributed by atoms with Crippen LogP contribution in [0.15, 0.2) is 63.0 Å². The Bertz CT molecular complexity index is 2210. The lowest BCUT2D eigenvalue weighted by Gasteiger charge is -2.31. The molecule has 46 heavy (non-hydrogen) atoms. The van der Waals surface area contributed by atoms with Gasteiger partial charge in [0.15, 0.2) is 11.2 Å². The molecule has 0 bridgehead atoms. The van der Waals surface area contributed by atoms with Gasteiger partial charge in [0.2, 0.25) is 5.95 Å². The van der Waals surface area contributed by atoms with Gasteiger partial charge in [-0.1, -0.05) is 41.8 Å². The number of hydrogen-bond donors (Lipinski definition) is 2. The van der Waals surface area contributed by atoms with Gasteiger partial charge in [0.25, 0.3) is 15.7 Å². The Kier molecular flexibility index (Phi) is 9.38. The fourth-order valence-corrected chi connectivity index (χ4v) is 5.94. The van der Waals surface area contributed by atoms with E-state index < -0.39 is 21.4 Å². The number of aromatic nitrogens is 6. The summed E-state index contributed by atoms with van der Waals surface area (Å²) >= 11 is 0. The molecule has 0 saturated carbocycles. The van der Waals surface area contributed by atoms with Crippen LogP contribution in [0, 0.1) is 25.7 Å². The molecule has 4 heterocycles. The molecule has 1 aliphatic heterocycles. The van der Waals surface area contributed by atoms with Crippen molar-refractivity contribution < 1.29 is 13.0 Å². The molecule has 3 aromatic heterocycles. The van der Waals surface area contributed by atoms with Gasteiger partial charge in [0, 0.05) is 37.3 Å². The Morgan fingerprint density at radius 3 is 2.41 bits per heavy atom. The molecule has 1 atom stereocenters. The van der Waals surface area contributed by atoms with Gasteiger partial charge in [0.05, 0.1) is 23.5 Å². The van der Waals surface area contributed by atoms with Crippen molar-refractivity contribution in [2.24, 2.45) is 12.8 Å². The molecule has 1 aliphatic rings. The van der Waals surface area contributed by atoms with Gasteiger partial charge >= 0.3 is 5.69 Å². The van der Waals surface area contributed by atoms with Gasteiger partial charge in [0.1, 0.15) is 5.82 Å². The predicted octanol–water partition coefficient (Wildman–Crippen LogP) is 2.39. The highest BCUT2D eigenvalue weighted by Gasteiger charge is 2.26. The van der Waals surface area contributed by atoms with E-state index in [0.29, 0.717) is 29.5 Å². The molecule has 1 saturated heterocycles. The fourth-order valence-electron chi connectivity index (χ4n) is 5.46. The van der Waals surface area contributed by atoms with E-state index in [1.54, 1.807) is 30.7 Å². The second-order valence-corrected chi connectivity index (χ2v) is 12.6. The van der Waals surface area contributed by atoms with Gasteiger partial charge in [-0.2, -0.15) is 13.4 Å². The molecule has 13 nitrogen and oxygen atoms in total. The minimum Gasteiger partial charge on any atom is -0.341 e. The summed E-state index contributed by atoms with van der Waals surface area (Å²) in [7, 11) is -2.39. The lowest BCUT2D eigenvalue weighted by molar-refractivity contribution is 0.483. The minimum absolute atomic E-state index is 0.0306. The van der Waals surface area contributed by atoms with E-state index in [1.165, 1.54) is 21.3 Å². The second-order valence-electron chi connectivity index (χ2n) is 11.2. The Hall–Kier alpha value is -4.84. The van der Waals surface area contributed by atoms with Crippen LogP contribution in [0.3, 0.4) is 0 Å². The first-order valence-corrected chi connectivity index (χ1v) is 16.2. The van der Waals surface area contributed by atoms with Crippen LogP contribution in [0.25, 0.3) is 22.1 Å². The summed E-state index contributed by atoms with van der Waals surface area (Å²) in [5.74, 6) is 6.96. The minimum atomic E-state index is -4.02. The van der Waals surface area contributed by atoms with E-state index >= 15 is 0 Å². The molecule has 0 amide bonds. The highest BCUT2D eigenvalue weighted by atomic mass is 32.2. The van der Waals surface area contributed by atoms with Crippen molar-refractivity contribution in [1.29, 1.82) is 0 Å². The maximum atomic E-state index is 13.7. The van der Waals surface area contributed by atoms with Gasteiger partial charge in [-0.3, -0.25) is 23.0 Å². The summed E-state index contributed by atoms with van der Waals surface area (Å²) in [5.41, 5.74) is 8.50. The SMILES string of the molecule is CC#CCn1c(N2CCC[C@@H](N)C2)nc2c1c(=O)n(Cc1nc(C)c3ccccc3n1)c(=O)n2C.Cc1ccc(S(=O)(=O)O)cc1. The zero-order valence-electron chi connectivity index (χ0n) is 26.1. The molecule has 0 unspecified atom stereocenters. The first-order valence-electron chi connectivity index (χ1n) is 14.8. The van der Waals surface area contributed by atoms with Crippen LogP contribution in [0.4, 0.5) is 5.95 Å². The van der Waals surface area contributed by atoms with Crippen molar-refractivity contribution >= 4 is 38.1 Å². The van der Waals surface area contributed by atoms with E-state index in [1.807, 2.05) is 38.1 Å². The average Bonchev–Trinajstić information content (AvgIpc) is 3.41. The number of nitrogens with two attached hydrogens (primary N) is 1. The number of aryl methyl sites for hydroxylation is 3. The first-order chi connectivity index (χ1) is 21.9. The number of benzene rings is 2. The van der Waals surface area contributed by atoms with Crippen LogP contribution in [-0.4, -0.2) is 60.8 Å². The van der Waals surface area contributed by atoms with Crippen molar-refractivity contribution in [2.45, 2.75) is 57.6 Å². The number of hydrogen-bond acceptors (Lipinski definition) is 9. The van der Waals surface area contributed by atoms with Gasteiger partial charge < -0.3 is 10.6 Å². The van der Waals surface area contributed by atoms with Gasteiger partial charge in [-0.05, 0) is 51.8 Å². The zero-order valence-corrected chi connectivity index (χ0v) is 27.0. The van der Waals surface area contributed by atoms with Crippen molar-refractivity contribution in [1.82, 2.24) is 28.7 Å². The Balaban J connectivity index is 0.000000322. The van der Waals surface area contributed by atoms with E-state index in [4.69, 9.17) is 15.3 Å². The number of anilines is 1. The topological polar surface area (TPSA) is 171 Å². The van der Waals surface area contributed by atoms with Crippen molar-refractivity contribution in [3.05, 3.63) is 86.5 Å². The van der Waals surface area contributed by atoms with E-state index in [9.17, 15) is 18.0 Å². The molecule has 0 spiro atoms. The number of piperidine rings is 1. The maximum Gasteiger partial charge on any atom is 0.332 e. The molecular formula is C32H36N8O5S. The molecule has 0 radical (unpaired) electrons. The second kappa shape index (κ2) is 13.3. The van der Waals surface area contributed by atoms with E-state index in [2.05, 4.69) is 26.7 Å². The summed E-state index contributed by atoms with van der Waals surface area (Å²) in [6.45, 7) is 7.15. The Labute approximate surface area is 266 Å². The highest BCUT2D eigenvalue weighted by molar-refractivity contribution is 7.85. The summed E-state index contributed by atoms with van der Waals surface area (Å²) in [6, 6.07) is 13.7. The number of rotatable bonds is 5. The maximum absolute atomic E-state index is 13.7. The van der Waals surface area contributed by atoms with Crippen molar-refractivity contribution in [3.8, 4) is 11.8 Å². The Morgan fingerprint density at radius 2 is 1.74 bits per heavy atom. The summed E-state index contributed by atoms with van der Waals surface area (Å²) < 4.78 is 33.9. The summed E-state index contributed by atoms with van der Waals surface area (Å²) in [5, 5.41) is 0.938. The molecule has 6 rings (SSSR count). The molecule has 2 aromatic carbocycles. The third-order valence-corrected chi connectivity index (χ3v) is 8.69. The van der Waals surface area contributed by atoms with Crippen molar-refractivity contribution in [2.75, 3.05) is 18.0 Å². The molecule has 14 heteroatoms. The molecular weight excluding hydrogens is 608 g/mol. The number of nitrogens with zero attached hydrogens (tertiary/aromatic N) is 7. The van der Waals surface area contributed by atoms with E-state index in [-0.39, 0.29) is 24.0 Å². The average molecular weight is 645 g/mol. The third-order valence-electron chi connectivity index (χ3n) is 7.83. The quantitative estimate of drug-likeness (QED) is 0.214. The smallest absolute Gasteiger partial charge is 0.332 e. The molecule has 0 aliphatic carbocycles. The number of para-hydroxylation sites is 1. The predicted molar refractivity (Wildman–Crippen MR) is 176 cm³/mol. The normalized spacial score (nSPS) is 14.9. The van der Waals surface area contributed by atoms with Gasteiger partial charge in [-0.25, -0.2) is 14.8 Å². The lowest BCUT2D eigenvalue weighted by atomic mass is 10.1. The van der Waals surface area contributed by atoms with Crippen molar-refractivity contribution in [3.63, 3.8) is 0 Å². The molecule has 240 valence electrons. The molecule has 1 fully saturated rings. The van der Waals surface area contributed by atoms with E-state index in [0.717, 1.165) is 41.5 Å². The summed E-state index contributed by atoms with van der Waals surface area (Å²) in [6.07, 6.45) is 1.88. The van der Waals surface area contributed by atoms with Crippen LogP contribution in [0.2, 0.25) is 0 Å². The first kappa shape index (κ1) is 32.6. The number of fused-ring (bicyclic) bond motifs is 2. The molecule has 3 N–H and O–H groups in total. The van der Waals surface area contributed by atoms with Crippen LogP contribution in [-0.2, 0) is 30.3 Å². The molecule has 5 aromatic rings. The standard InChI is InChI=1S/C25H28N8O2.C7H8O3S/c1-4-5-13-32-21-22(29-24(32)31-12-8-9-17(26)14-31)30(3)25(35)33(23(21)34)15-20-27-16(2)18-10-6-7-11-19(18)28-20;1-6-2-4-7(5-3-6)11(8,9)10/h6-7,10-11,17H,8-9,12-15,26H2,1-3H3;2-5H,1H3,(H,8,9,10)/t17-;/m1./s1. The monoisotopic (exact) mass is 644 g/mol. The highest BCUT2D eigenvalue weighted by Crippen LogP contribution is 2.23.